The first-order valence-corrected chi connectivity index (χ1v) is 5.49. The average Bonchev–Trinajstić information content (AvgIpc) is 2.10. The Balaban J connectivity index is 1.76. The van der Waals surface area contributed by atoms with Crippen LogP contribution in [-0.4, -0.2) is 19.2 Å². The number of rotatable bonds is 3. The van der Waals surface area contributed by atoms with Crippen LogP contribution in [0.1, 0.15) is 26.2 Å². The lowest BCUT2D eigenvalue weighted by Crippen LogP contribution is -2.43. The molecule has 1 unspecified atom stereocenters. The van der Waals surface area contributed by atoms with Crippen LogP contribution in [0.25, 0.3) is 0 Å². The Morgan fingerprint density at radius 3 is 2.86 bits per heavy atom. The molecule has 0 aliphatic heterocycles. The highest BCUT2D eigenvalue weighted by Gasteiger charge is 2.30. The van der Waals surface area contributed by atoms with Gasteiger partial charge in [0.2, 0.25) is 0 Å². The van der Waals surface area contributed by atoms with Gasteiger partial charge in [-0.25, -0.2) is 0 Å². The maximum atomic E-state index is 5.90. The summed E-state index contributed by atoms with van der Waals surface area (Å²) >= 11 is 0. The normalized spacial score (nSPS) is 36.1. The first kappa shape index (κ1) is 9.78. The predicted molar refractivity (Wildman–Crippen MR) is 58.0 cm³/mol. The summed E-state index contributed by atoms with van der Waals surface area (Å²) in [5.74, 6) is 1.80. The summed E-state index contributed by atoms with van der Waals surface area (Å²) in [6.07, 6.45) is 10.3. The lowest BCUT2D eigenvalue weighted by atomic mass is 9.89. The Hall–Kier alpha value is -0.760. The molecule has 1 N–H and O–H groups in total. The van der Waals surface area contributed by atoms with Gasteiger partial charge in [-0.05, 0) is 31.9 Å². The van der Waals surface area contributed by atoms with Crippen LogP contribution in [0.2, 0.25) is 0 Å². The van der Waals surface area contributed by atoms with Crippen LogP contribution in [0.4, 0.5) is 0 Å². The van der Waals surface area contributed by atoms with Crippen molar-refractivity contribution in [1.29, 1.82) is 0 Å². The summed E-state index contributed by atoms with van der Waals surface area (Å²) in [4.78, 5) is 0. The minimum Gasteiger partial charge on any atom is -0.495 e. The Kier molecular flexibility index (Phi) is 2.92. The van der Waals surface area contributed by atoms with Crippen LogP contribution in [0.3, 0.4) is 0 Å². The fourth-order valence-electron chi connectivity index (χ4n) is 2.01. The van der Waals surface area contributed by atoms with Crippen molar-refractivity contribution in [3.05, 3.63) is 24.0 Å². The number of nitrogens with one attached hydrogen (secondary N) is 1. The lowest BCUT2D eigenvalue weighted by Gasteiger charge is -2.36. The second kappa shape index (κ2) is 4.18. The second-order valence-electron chi connectivity index (χ2n) is 4.40. The monoisotopic (exact) mass is 193 g/mol. The number of ether oxygens (including phenoxy) is 1. The van der Waals surface area contributed by atoms with Crippen molar-refractivity contribution in [3.63, 3.8) is 0 Å². The van der Waals surface area contributed by atoms with Gasteiger partial charge in [-0.3, -0.25) is 0 Å². The van der Waals surface area contributed by atoms with E-state index in [2.05, 4.69) is 30.5 Å². The average molecular weight is 193 g/mol. The van der Waals surface area contributed by atoms with E-state index in [1.807, 2.05) is 7.05 Å². The molecule has 0 bridgehead atoms. The zero-order chi connectivity index (χ0) is 9.97. The molecule has 0 amide bonds. The lowest BCUT2D eigenvalue weighted by molar-refractivity contribution is 0.0236. The summed E-state index contributed by atoms with van der Waals surface area (Å²) in [5, 5.41) is 3.26. The molecule has 2 aliphatic rings. The van der Waals surface area contributed by atoms with Crippen LogP contribution in [0.5, 0.6) is 0 Å². The van der Waals surface area contributed by atoms with Gasteiger partial charge in [-0.2, -0.15) is 0 Å². The van der Waals surface area contributed by atoms with Crippen LogP contribution >= 0.6 is 0 Å². The molecule has 0 spiro atoms. The molecule has 2 nitrogen and oxygen atoms in total. The van der Waals surface area contributed by atoms with Gasteiger partial charge in [0.1, 0.15) is 6.10 Å². The number of hydrogen-bond donors (Lipinski definition) is 1. The van der Waals surface area contributed by atoms with Gasteiger partial charge >= 0.3 is 0 Å². The first-order chi connectivity index (χ1) is 6.78. The molecule has 2 heteroatoms. The van der Waals surface area contributed by atoms with E-state index >= 15 is 0 Å². The summed E-state index contributed by atoms with van der Waals surface area (Å²) in [5.41, 5.74) is 0. The smallest absolute Gasteiger partial charge is 0.101 e. The molecule has 0 heterocycles. The van der Waals surface area contributed by atoms with Crippen molar-refractivity contribution in [3.8, 4) is 0 Å². The highest BCUT2D eigenvalue weighted by atomic mass is 16.5. The number of allylic oxidation sites excluding steroid dienone is 4. The third-order valence-corrected chi connectivity index (χ3v) is 3.07. The molecule has 0 aromatic carbocycles. The molecule has 1 saturated carbocycles. The van der Waals surface area contributed by atoms with Gasteiger partial charge in [-0.1, -0.05) is 19.1 Å². The summed E-state index contributed by atoms with van der Waals surface area (Å²) < 4.78 is 5.90. The minimum atomic E-state index is 0.456. The Labute approximate surface area is 86.0 Å². The number of hydrogen-bond acceptors (Lipinski definition) is 2. The van der Waals surface area contributed by atoms with Crippen LogP contribution in [0, 0.1) is 5.92 Å². The van der Waals surface area contributed by atoms with E-state index in [1.54, 1.807) is 0 Å². The molecule has 0 radical (unpaired) electrons. The summed E-state index contributed by atoms with van der Waals surface area (Å²) in [6.45, 7) is 2.23. The van der Waals surface area contributed by atoms with E-state index in [-0.39, 0.29) is 0 Å². The quantitative estimate of drug-likeness (QED) is 0.742. The van der Waals surface area contributed by atoms with Crippen LogP contribution in [0.15, 0.2) is 24.0 Å². The van der Waals surface area contributed by atoms with Gasteiger partial charge < -0.3 is 10.1 Å². The second-order valence-corrected chi connectivity index (χ2v) is 4.40. The van der Waals surface area contributed by atoms with E-state index in [9.17, 15) is 0 Å². The zero-order valence-electron chi connectivity index (χ0n) is 8.99. The minimum absolute atomic E-state index is 0.456. The Morgan fingerprint density at radius 1 is 1.43 bits per heavy atom. The van der Waals surface area contributed by atoms with E-state index in [0.29, 0.717) is 18.1 Å². The topological polar surface area (TPSA) is 21.3 Å². The van der Waals surface area contributed by atoms with E-state index in [1.165, 1.54) is 5.76 Å². The molecular weight excluding hydrogens is 174 g/mol. The molecule has 2 rings (SSSR count). The molecule has 0 aromatic heterocycles. The zero-order valence-corrected chi connectivity index (χ0v) is 8.99. The molecule has 0 saturated heterocycles. The van der Waals surface area contributed by atoms with Crippen molar-refractivity contribution in [2.75, 3.05) is 7.05 Å². The highest BCUT2D eigenvalue weighted by molar-refractivity contribution is 5.15. The Bertz CT molecular complexity index is 251. The molecule has 0 aromatic rings. The van der Waals surface area contributed by atoms with Crippen LogP contribution < -0.4 is 5.32 Å². The van der Waals surface area contributed by atoms with Crippen molar-refractivity contribution in [1.82, 2.24) is 5.32 Å². The molecule has 1 fully saturated rings. The summed E-state index contributed by atoms with van der Waals surface area (Å²) in [7, 11) is 2.02. The van der Waals surface area contributed by atoms with E-state index in [0.717, 1.165) is 19.3 Å². The highest BCUT2D eigenvalue weighted by Crippen LogP contribution is 2.28. The fraction of sp³-hybridized carbons (Fsp3) is 0.667. The standard InChI is InChI=1S/C12H19NO/c1-9-4-3-5-11(6-9)14-12-7-10(8-12)13-2/h3-5,9-10,12-13H,6-8H2,1-2H3. The van der Waals surface area contributed by atoms with E-state index in [4.69, 9.17) is 4.74 Å². The van der Waals surface area contributed by atoms with E-state index < -0.39 is 0 Å². The van der Waals surface area contributed by atoms with Gasteiger partial charge in [0, 0.05) is 12.5 Å². The first-order valence-electron chi connectivity index (χ1n) is 5.49. The van der Waals surface area contributed by atoms with Gasteiger partial charge in [-0.15, -0.1) is 0 Å². The predicted octanol–water partition coefficient (Wildman–Crippen LogP) is 2.23. The molecule has 14 heavy (non-hydrogen) atoms. The fourth-order valence-corrected chi connectivity index (χ4v) is 2.01. The SMILES string of the molecule is CNC1CC(OC2=CC=CC(C)C2)C1. The molecule has 78 valence electrons. The molecule has 1 atom stereocenters. The van der Waals surface area contributed by atoms with Crippen molar-refractivity contribution in [2.24, 2.45) is 5.92 Å². The van der Waals surface area contributed by atoms with Crippen molar-refractivity contribution < 1.29 is 4.74 Å². The van der Waals surface area contributed by atoms with Gasteiger partial charge in [0.05, 0.1) is 5.76 Å². The molecular formula is C12H19NO. The Morgan fingerprint density at radius 2 is 2.21 bits per heavy atom. The van der Waals surface area contributed by atoms with Crippen molar-refractivity contribution >= 4 is 0 Å². The maximum Gasteiger partial charge on any atom is 0.101 e. The molecule has 2 aliphatic carbocycles. The van der Waals surface area contributed by atoms with Gasteiger partial charge in [0.15, 0.2) is 0 Å². The van der Waals surface area contributed by atoms with Crippen LogP contribution in [-0.2, 0) is 4.74 Å². The maximum absolute atomic E-state index is 5.90. The third-order valence-electron chi connectivity index (χ3n) is 3.07. The summed E-state index contributed by atoms with van der Waals surface area (Å²) in [6, 6.07) is 0.678. The van der Waals surface area contributed by atoms with Crippen molar-refractivity contribution in [2.45, 2.75) is 38.3 Å². The third kappa shape index (κ3) is 2.18. The van der Waals surface area contributed by atoms with Gasteiger partial charge in [0.25, 0.3) is 0 Å². The largest absolute Gasteiger partial charge is 0.495 e.